The van der Waals surface area contributed by atoms with Gasteiger partial charge in [0.05, 0.1) is 31.1 Å². The fourth-order valence-corrected chi connectivity index (χ4v) is 3.52. The predicted octanol–water partition coefficient (Wildman–Crippen LogP) is 5.28. The molecule has 0 aliphatic rings. The van der Waals surface area contributed by atoms with Gasteiger partial charge in [0.1, 0.15) is 11.5 Å². The number of aromatic nitrogens is 2. The number of ether oxygens (including phenoxy) is 2. The molecule has 1 aromatic heterocycles. The zero-order chi connectivity index (χ0) is 25.0. The molecular weight excluding hydrogens is 432 g/mol. The van der Waals surface area contributed by atoms with Gasteiger partial charge in [0.25, 0.3) is 11.8 Å². The van der Waals surface area contributed by atoms with E-state index in [-0.39, 0.29) is 23.3 Å². The molecule has 0 saturated heterocycles. The Balaban J connectivity index is 1.90. The van der Waals surface area contributed by atoms with Crippen molar-refractivity contribution in [3.63, 3.8) is 0 Å². The van der Waals surface area contributed by atoms with Crippen molar-refractivity contribution in [3.05, 3.63) is 65.5 Å². The lowest BCUT2D eigenvalue weighted by molar-refractivity contribution is 0.101. The molecule has 0 bridgehead atoms. The third-order valence-corrected chi connectivity index (χ3v) is 5.25. The summed E-state index contributed by atoms with van der Waals surface area (Å²) in [6.45, 7) is 10.3. The average Bonchev–Trinajstić information content (AvgIpc) is 3.27. The van der Waals surface area contributed by atoms with Crippen LogP contribution >= 0.6 is 0 Å². The van der Waals surface area contributed by atoms with Gasteiger partial charge in [0.15, 0.2) is 5.69 Å². The van der Waals surface area contributed by atoms with E-state index < -0.39 is 0 Å². The number of nitrogens with zero attached hydrogens (tertiary/aromatic N) is 2. The van der Waals surface area contributed by atoms with Crippen LogP contribution in [-0.4, -0.2) is 35.8 Å². The predicted molar refractivity (Wildman–Crippen MR) is 133 cm³/mol. The summed E-state index contributed by atoms with van der Waals surface area (Å²) in [6.07, 6.45) is 0. The van der Waals surface area contributed by atoms with E-state index in [4.69, 9.17) is 9.47 Å². The summed E-state index contributed by atoms with van der Waals surface area (Å²) in [4.78, 5) is 25.7. The summed E-state index contributed by atoms with van der Waals surface area (Å²) in [5.74, 6) is 0.300. The van der Waals surface area contributed by atoms with Crippen LogP contribution < -0.4 is 20.1 Å². The van der Waals surface area contributed by atoms with Gasteiger partial charge in [-0.15, -0.1) is 0 Å². The van der Waals surface area contributed by atoms with Crippen molar-refractivity contribution in [1.82, 2.24) is 9.78 Å². The molecule has 0 radical (unpaired) electrons. The molecule has 0 aliphatic carbocycles. The average molecular weight is 465 g/mol. The lowest BCUT2D eigenvalue weighted by Crippen LogP contribution is -2.26. The van der Waals surface area contributed by atoms with Crippen molar-refractivity contribution in [2.45, 2.75) is 46.1 Å². The summed E-state index contributed by atoms with van der Waals surface area (Å²) in [6, 6.07) is 13.9. The first kappa shape index (κ1) is 24.8. The Bertz CT molecular complexity index is 1180. The first-order valence-electron chi connectivity index (χ1n) is 11.1. The van der Waals surface area contributed by atoms with Gasteiger partial charge in [-0.3, -0.25) is 14.3 Å². The molecule has 8 nitrogen and oxygen atoms in total. The van der Waals surface area contributed by atoms with Crippen molar-refractivity contribution < 1.29 is 19.1 Å². The van der Waals surface area contributed by atoms with Crippen molar-refractivity contribution in [2.24, 2.45) is 0 Å². The van der Waals surface area contributed by atoms with E-state index in [1.807, 2.05) is 37.6 Å². The zero-order valence-corrected chi connectivity index (χ0v) is 20.7. The molecule has 2 amide bonds. The first-order valence-corrected chi connectivity index (χ1v) is 11.1. The SMILES string of the molecule is COc1cc(NC(=O)c2cc(C(C)C)n(C(C)(C)C)n2)c(OC)cc1NC(=O)c1ccccc1. The van der Waals surface area contributed by atoms with Gasteiger partial charge in [-0.05, 0) is 44.9 Å². The molecule has 0 unspecified atom stereocenters. The first-order chi connectivity index (χ1) is 16.0. The summed E-state index contributed by atoms with van der Waals surface area (Å²) >= 11 is 0. The van der Waals surface area contributed by atoms with Gasteiger partial charge in [-0.1, -0.05) is 32.0 Å². The third-order valence-electron chi connectivity index (χ3n) is 5.25. The smallest absolute Gasteiger partial charge is 0.276 e. The number of anilines is 2. The lowest BCUT2D eigenvalue weighted by atomic mass is 10.1. The molecule has 8 heteroatoms. The standard InChI is InChI=1S/C26H32N4O4/c1-16(2)21-13-20(29-30(21)26(3,4)5)25(32)28-19-15-22(33-6)18(14-23(19)34-7)27-24(31)17-11-9-8-10-12-17/h8-16H,1-7H3,(H,27,31)(H,28,32). The Labute approximate surface area is 200 Å². The fourth-order valence-electron chi connectivity index (χ4n) is 3.52. The largest absolute Gasteiger partial charge is 0.494 e. The topological polar surface area (TPSA) is 94.5 Å². The number of carbonyl (C=O) groups is 2. The number of rotatable bonds is 7. The molecule has 0 spiro atoms. The van der Waals surface area contributed by atoms with Crippen molar-refractivity contribution >= 4 is 23.2 Å². The summed E-state index contributed by atoms with van der Waals surface area (Å²) in [5, 5.41) is 10.3. The minimum Gasteiger partial charge on any atom is -0.494 e. The van der Waals surface area contributed by atoms with Crippen LogP contribution in [0, 0.1) is 0 Å². The Morgan fingerprint density at radius 2 is 1.41 bits per heavy atom. The third kappa shape index (κ3) is 5.39. The second kappa shape index (κ2) is 9.99. The van der Waals surface area contributed by atoms with Crippen molar-refractivity contribution in [3.8, 4) is 11.5 Å². The van der Waals surface area contributed by atoms with E-state index >= 15 is 0 Å². The molecule has 0 fully saturated rings. The van der Waals surface area contributed by atoms with Crippen LogP contribution in [0.15, 0.2) is 48.5 Å². The molecule has 0 saturated carbocycles. The fraction of sp³-hybridized carbons (Fsp3) is 0.346. The normalized spacial score (nSPS) is 11.3. The molecule has 0 atom stereocenters. The maximum atomic E-state index is 13.1. The monoisotopic (exact) mass is 464 g/mol. The Morgan fingerprint density at radius 1 is 0.882 bits per heavy atom. The zero-order valence-electron chi connectivity index (χ0n) is 20.7. The second-order valence-electron chi connectivity index (χ2n) is 9.22. The van der Waals surface area contributed by atoms with E-state index in [1.54, 1.807) is 36.4 Å². The van der Waals surface area contributed by atoms with Gasteiger partial charge >= 0.3 is 0 Å². The minimum absolute atomic E-state index is 0.204. The van der Waals surface area contributed by atoms with Crippen LogP contribution in [0.25, 0.3) is 0 Å². The molecule has 2 N–H and O–H groups in total. The van der Waals surface area contributed by atoms with Crippen LogP contribution in [0.4, 0.5) is 11.4 Å². The number of nitrogens with one attached hydrogen (secondary N) is 2. The van der Waals surface area contributed by atoms with Gasteiger partial charge in [-0.25, -0.2) is 0 Å². The number of amides is 2. The van der Waals surface area contributed by atoms with Crippen molar-refractivity contribution in [1.29, 1.82) is 0 Å². The van der Waals surface area contributed by atoms with E-state index in [2.05, 4.69) is 29.6 Å². The molecule has 34 heavy (non-hydrogen) atoms. The van der Waals surface area contributed by atoms with Crippen LogP contribution in [-0.2, 0) is 5.54 Å². The van der Waals surface area contributed by atoms with Crippen LogP contribution in [0.3, 0.4) is 0 Å². The van der Waals surface area contributed by atoms with Gasteiger partial charge in [-0.2, -0.15) is 5.10 Å². The maximum Gasteiger partial charge on any atom is 0.276 e. The van der Waals surface area contributed by atoms with Crippen LogP contribution in [0.5, 0.6) is 11.5 Å². The van der Waals surface area contributed by atoms with E-state index in [0.29, 0.717) is 34.1 Å². The van der Waals surface area contributed by atoms with E-state index in [9.17, 15) is 9.59 Å². The molecule has 3 rings (SSSR count). The summed E-state index contributed by atoms with van der Waals surface area (Å²) in [7, 11) is 2.98. The Hall–Kier alpha value is -3.81. The van der Waals surface area contributed by atoms with Crippen LogP contribution in [0.1, 0.15) is 67.1 Å². The quantitative estimate of drug-likeness (QED) is 0.496. The maximum absolute atomic E-state index is 13.1. The summed E-state index contributed by atoms with van der Waals surface area (Å²) < 4.78 is 12.8. The highest BCUT2D eigenvalue weighted by molar-refractivity contribution is 6.07. The van der Waals surface area contributed by atoms with E-state index in [0.717, 1.165) is 5.69 Å². The second-order valence-corrected chi connectivity index (χ2v) is 9.22. The number of hydrogen-bond acceptors (Lipinski definition) is 5. The molecule has 3 aromatic rings. The highest BCUT2D eigenvalue weighted by atomic mass is 16.5. The van der Waals surface area contributed by atoms with Crippen LogP contribution in [0.2, 0.25) is 0 Å². The number of methoxy groups -OCH3 is 2. The highest BCUT2D eigenvalue weighted by Crippen LogP contribution is 2.37. The number of benzene rings is 2. The molecular formula is C26H32N4O4. The lowest BCUT2D eigenvalue weighted by Gasteiger charge is -2.23. The van der Waals surface area contributed by atoms with Crippen molar-refractivity contribution in [2.75, 3.05) is 24.9 Å². The molecule has 2 aromatic carbocycles. The van der Waals surface area contributed by atoms with E-state index in [1.165, 1.54) is 14.2 Å². The summed E-state index contributed by atoms with van der Waals surface area (Å²) in [5.41, 5.74) is 2.35. The molecule has 180 valence electrons. The number of hydrogen-bond donors (Lipinski definition) is 2. The van der Waals surface area contributed by atoms with Gasteiger partial charge < -0.3 is 20.1 Å². The number of carbonyl (C=O) groups excluding carboxylic acids is 2. The minimum atomic E-state index is -0.369. The Kier molecular flexibility index (Phi) is 7.29. The molecule has 1 heterocycles. The highest BCUT2D eigenvalue weighted by Gasteiger charge is 2.24. The molecule has 0 aliphatic heterocycles. The van der Waals surface area contributed by atoms with Gasteiger partial charge in [0, 0.05) is 23.4 Å². The Morgan fingerprint density at radius 3 is 1.85 bits per heavy atom. The van der Waals surface area contributed by atoms with Gasteiger partial charge in [0.2, 0.25) is 0 Å².